The number of hydrogen-bond donors (Lipinski definition) is 0. The molecule has 0 N–H and O–H groups in total. The summed E-state index contributed by atoms with van der Waals surface area (Å²) in [6.45, 7) is 4.83. The number of carbonyl (C=O) groups is 1. The number of hydrogen-bond acceptors (Lipinski definition) is 6. The zero-order chi connectivity index (χ0) is 20.7. The topological polar surface area (TPSA) is 72.6 Å². The first-order chi connectivity index (χ1) is 14.6. The van der Waals surface area contributed by atoms with Crippen LogP contribution >= 0.6 is 22.9 Å². The maximum atomic E-state index is 12.8. The molecule has 0 aliphatic carbocycles. The molecular formula is C21H20ClN5O2S. The molecule has 0 saturated carbocycles. The molecule has 4 heterocycles. The third-order valence-electron chi connectivity index (χ3n) is 5.31. The van der Waals surface area contributed by atoms with Gasteiger partial charge in [0.15, 0.2) is 5.82 Å². The first kappa shape index (κ1) is 19.4. The van der Waals surface area contributed by atoms with Gasteiger partial charge in [0.1, 0.15) is 17.4 Å². The standard InChI is InChI=1S/C21H20ClN5O2S/c1-13-24-25-18-12-23-20(15-4-2-3-5-17(15)22)16-10-14(30-21(16)27(13)18)11-19(28)26-6-8-29-9-7-26/h2-5,10H,6-9,11-12H2,1H3. The Hall–Kier alpha value is -2.55. The molecule has 30 heavy (non-hydrogen) atoms. The monoisotopic (exact) mass is 441 g/mol. The molecule has 2 aliphatic heterocycles. The second kappa shape index (κ2) is 7.94. The lowest BCUT2D eigenvalue weighted by atomic mass is 10.0. The maximum Gasteiger partial charge on any atom is 0.227 e. The van der Waals surface area contributed by atoms with E-state index in [9.17, 15) is 4.79 Å². The van der Waals surface area contributed by atoms with Crippen molar-refractivity contribution >= 4 is 34.6 Å². The average Bonchev–Trinajstić information content (AvgIpc) is 3.29. The summed E-state index contributed by atoms with van der Waals surface area (Å²) >= 11 is 8.09. The molecule has 9 heteroatoms. The molecule has 1 fully saturated rings. The number of halogens is 1. The summed E-state index contributed by atoms with van der Waals surface area (Å²) in [5.41, 5.74) is 2.65. The first-order valence-corrected chi connectivity index (χ1v) is 11.0. The van der Waals surface area contributed by atoms with Crippen LogP contribution in [0.1, 0.15) is 27.7 Å². The number of rotatable bonds is 3. The van der Waals surface area contributed by atoms with Gasteiger partial charge in [0.25, 0.3) is 0 Å². The largest absolute Gasteiger partial charge is 0.378 e. The number of aliphatic imine (C=N–C) groups is 1. The molecule has 0 spiro atoms. The van der Waals surface area contributed by atoms with Crippen molar-refractivity contribution in [2.45, 2.75) is 19.9 Å². The van der Waals surface area contributed by atoms with Crippen molar-refractivity contribution in [1.29, 1.82) is 0 Å². The molecule has 2 aromatic heterocycles. The van der Waals surface area contributed by atoms with Crippen molar-refractivity contribution in [2.75, 3.05) is 26.3 Å². The van der Waals surface area contributed by atoms with Crippen LogP contribution in [0, 0.1) is 6.92 Å². The van der Waals surface area contributed by atoms with E-state index in [0.717, 1.165) is 38.4 Å². The van der Waals surface area contributed by atoms with Gasteiger partial charge in [-0.25, -0.2) is 0 Å². The lowest BCUT2D eigenvalue weighted by Gasteiger charge is -2.26. The predicted octanol–water partition coefficient (Wildman–Crippen LogP) is 3.04. The van der Waals surface area contributed by atoms with Crippen molar-refractivity contribution in [1.82, 2.24) is 19.7 Å². The number of benzene rings is 1. The fourth-order valence-corrected chi connectivity index (χ4v) is 5.26. The van der Waals surface area contributed by atoms with Crippen LogP contribution in [0.5, 0.6) is 0 Å². The Labute approximate surface area is 183 Å². The number of carbonyl (C=O) groups excluding carboxylic acids is 1. The molecule has 154 valence electrons. The Morgan fingerprint density at radius 3 is 2.80 bits per heavy atom. The fraction of sp³-hybridized carbons (Fsp3) is 0.333. The van der Waals surface area contributed by atoms with Gasteiger partial charge in [0.05, 0.1) is 25.3 Å². The number of aryl methyl sites for hydroxylation is 1. The molecule has 0 radical (unpaired) electrons. The molecule has 5 rings (SSSR count). The van der Waals surface area contributed by atoms with Crippen molar-refractivity contribution in [3.05, 3.63) is 63.0 Å². The zero-order valence-electron chi connectivity index (χ0n) is 16.5. The lowest BCUT2D eigenvalue weighted by molar-refractivity contribution is -0.134. The highest BCUT2D eigenvalue weighted by Gasteiger charge is 2.27. The van der Waals surface area contributed by atoms with E-state index in [1.807, 2.05) is 40.7 Å². The molecule has 0 unspecified atom stereocenters. The SMILES string of the molecule is Cc1nnc2n1-c1sc(CC(=O)N3CCOCC3)cc1C(c1ccccc1Cl)=NC2. The van der Waals surface area contributed by atoms with Crippen molar-refractivity contribution < 1.29 is 9.53 Å². The van der Waals surface area contributed by atoms with Gasteiger partial charge in [-0.1, -0.05) is 29.8 Å². The Bertz CT molecular complexity index is 1150. The predicted molar refractivity (Wildman–Crippen MR) is 116 cm³/mol. The maximum absolute atomic E-state index is 12.8. The van der Waals surface area contributed by atoms with Gasteiger partial charge in [-0.2, -0.15) is 0 Å². The third-order valence-corrected chi connectivity index (χ3v) is 6.76. The number of nitrogens with zero attached hydrogens (tertiary/aromatic N) is 5. The van der Waals surface area contributed by atoms with Crippen LogP contribution in [-0.2, 0) is 22.5 Å². The molecule has 1 saturated heterocycles. The summed E-state index contributed by atoms with van der Waals surface area (Å²) in [5.74, 6) is 1.70. The van der Waals surface area contributed by atoms with Gasteiger partial charge in [0.2, 0.25) is 5.91 Å². The van der Waals surface area contributed by atoms with Crippen LogP contribution in [0.4, 0.5) is 0 Å². The fourth-order valence-electron chi connectivity index (χ4n) is 3.82. The molecule has 1 amide bonds. The van der Waals surface area contributed by atoms with Crippen molar-refractivity contribution in [2.24, 2.45) is 4.99 Å². The molecule has 1 aromatic carbocycles. The van der Waals surface area contributed by atoms with E-state index in [0.29, 0.717) is 44.3 Å². The number of aromatic nitrogens is 3. The van der Waals surface area contributed by atoms with Gasteiger partial charge < -0.3 is 9.64 Å². The molecule has 0 atom stereocenters. The van der Waals surface area contributed by atoms with Crippen molar-refractivity contribution in [3.8, 4) is 5.00 Å². The van der Waals surface area contributed by atoms with Crippen LogP contribution < -0.4 is 0 Å². The van der Waals surface area contributed by atoms with Crippen molar-refractivity contribution in [3.63, 3.8) is 0 Å². The molecular weight excluding hydrogens is 422 g/mol. The minimum Gasteiger partial charge on any atom is -0.378 e. The minimum absolute atomic E-state index is 0.117. The van der Waals surface area contributed by atoms with Gasteiger partial charge >= 0.3 is 0 Å². The van der Waals surface area contributed by atoms with Gasteiger partial charge in [-0.3, -0.25) is 14.4 Å². The van der Waals surface area contributed by atoms with Gasteiger partial charge in [-0.15, -0.1) is 21.5 Å². The summed E-state index contributed by atoms with van der Waals surface area (Å²) in [6.07, 6.45) is 0.351. The van der Waals surface area contributed by atoms with E-state index in [2.05, 4.69) is 16.3 Å². The van der Waals surface area contributed by atoms with E-state index in [-0.39, 0.29) is 5.91 Å². The van der Waals surface area contributed by atoms with Gasteiger partial charge in [-0.05, 0) is 19.1 Å². The van der Waals surface area contributed by atoms with Crippen LogP contribution in [0.2, 0.25) is 5.02 Å². The zero-order valence-corrected chi connectivity index (χ0v) is 18.0. The van der Waals surface area contributed by atoms with Crippen LogP contribution in [0.15, 0.2) is 35.3 Å². The Morgan fingerprint density at radius 2 is 2.00 bits per heavy atom. The Balaban J connectivity index is 1.57. The number of fused-ring (bicyclic) bond motifs is 3. The first-order valence-electron chi connectivity index (χ1n) is 9.81. The summed E-state index contributed by atoms with van der Waals surface area (Å²) in [6, 6.07) is 9.76. The smallest absolute Gasteiger partial charge is 0.227 e. The summed E-state index contributed by atoms with van der Waals surface area (Å²) in [5, 5.41) is 10.2. The highest BCUT2D eigenvalue weighted by molar-refractivity contribution is 7.15. The number of amides is 1. The lowest BCUT2D eigenvalue weighted by Crippen LogP contribution is -2.41. The summed E-state index contributed by atoms with van der Waals surface area (Å²) in [4.78, 5) is 20.5. The highest BCUT2D eigenvalue weighted by atomic mass is 35.5. The Kier molecular flexibility index (Phi) is 5.14. The van der Waals surface area contributed by atoms with Crippen LogP contribution in [0.25, 0.3) is 5.00 Å². The normalized spacial score (nSPS) is 15.9. The molecule has 0 bridgehead atoms. The van der Waals surface area contributed by atoms with Gasteiger partial charge in [0, 0.05) is 34.1 Å². The molecule has 7 nitrogen and oxygen atoms in total. The highest BCUT2D eigenvalue weighted by Crippen LogP contribution is 2.34. The number of thiophene rings is 1. The molecule has 3 aromatic rings. The average molecular weight is 442 g/mol. The van der Waals surface area contributed by atoms with Crippen LogP contribution in [-0.4, -0.2) is 57.6 Å². The van der Waals surface area contributed by atoms with Crippen LogP contribution in [0.3, 0.4) is 0 Å². The molecule has 2 aliphatic rings. The minimum atomic E-state index is 0.117. The van der Waals surface area contributed by atoms with E-state index in [1.54, 1.807) is 11.3 Å². The summed E-state index contributed by atoms with van der Waals surface area (Å²) in [7, 11) is 0. The number of ether oxygens (including phenoxy) is 1. The van der Waals surface area contributed by atoms with E-state index in [4.69, 9.17) is 21.3 Å². The van der Waals surface area contributed by atoms with E-state index < -0.39 is 0 Å². The Morgan fingerprint density at radius 1 is 1.20 bits per heavy atom. The summed E-state index contributed by atoms with van der Waals surface area (Å²) < 4.78 is 7.40. The number of morpholine rings is 1. The van der Waals surface area contributed by atoms with E-state index in [1.165, 1.54) is 0 Å². The second-order valence-corrected chi connectivity index (χ2v) is 8.77. The second-order valence-electron chi connectivity index (χ2n) is 7.25. The quantitative estimate of drug-likeness (QED) is 0.626. The third kappa shape index (κ3) is 3.45. The van der Waals surface area contributed by atoms with E-state index >= 15 is 0 Å².